The smallest absolute Gasteiger partial charge is 0.311 e. The summed E-state index contributed by atoms with van der Waals surface area (Å²) in [6.07, 6.45) is 2.00. The molecule has 0 aliphatic heterocycles. The van der Waals surface area contributed by atoms with Gasteiger partial charge in [-0.15, -0.1) is 23.1 Å². The quantitative estimate of drug-likeness (QED) is 0.656. The van der Waals surface area contributed by atoms with E-state index in [1.165, 1.54) is 30.2 Å². The second-order valence-electron chi connectivity index (χ2n) is 4.20. The first-order valence-electron chi connectivity index (χ1n) is 6.19. The van der Waals surface area contributed by atoms with Gasteiger partial charge in [0, 0.05) is 10.3 Å². The van der Waals surface area contributed by atoms with Crippen LogP contribution in [0.15, 0.2) is 28.5 Å². The molecule has 1 heterocycles. The maximum atomic E-state index is 12.3. The van der Waals surface area contributed by atoms with Crippen molar-refractivity contribution in [3.05, 3.63) is 39.9 Å². The fraction of sp³-hybridized carbons (Fsp3) is 0.214. The molecular weight excluding hydrogens is 344 g/mol. The summed E-state index contributed by atoms with van der Waals surface area (Å²) in [6, 6.07) is 5.26. The van der Waals surface area contributed by atoms with Crippen LogP contribution in [0, 0.1) is 0 Å². The Bertz CT molecular complexity index is 703. The van der Waals surface area contributed by atoms with Gasteiger partial charge in [-0.2, -0.15) is 0 Å². The van der Waals surface area contributed by atoms with Gasteiger partial charge in [-0.1, -0.05) is 11.6 Å². The number of rotatable bonds is 5. The molecule has 0 aliphatic rings. The normalized spacial score (nSPS) is 10.3. The van der Waals surface area contributed by atoms with Gasteiger partial charge >= 0.3 is 5.97 Å². The van der Waals surface area contributed by atoms with Crippen molar-refractivity contribution in [1.29, 1.82) is 0 Å². The van der Waals surface area contributed by atoms with Crippen molar-refractivity contribution in [2.75, 3.05) is 18.7 Å². The van der Waals surface area contributed by atoms with Crippen molar-refractivity contribution in [1.82, 2.24) is 4.98 Å². The SMILES string of the molecule is COC(=O)Cc1csc(NC(=O)c2cc(SC)ccc2Cl)n1. The summed E-state index contributed by atoms with van der Waals surface area (Å²) >= 11 is 8.83. The highest BCUT2D eigenvalue weighted by Gasteiger charge is 2.14. The third-order valence-corrected chi connectivity index (χ3v) is 4.60. The van der Waals surface area contributed by atoms with E-state index in [1.807, 2.05) is 12.3 Å². The van der Waals surface area contributed by atoms with E-state index in [-0.39, 0.29) is 18.3 Å². The highest BCUT2D eigenvalue weighted by molar-refractivity contribution is 7.98. The lowest BCUT2D eigenvalue weighted by Crippen LogP contribution is -2.12. The molecule has 0 spiro atoms. The molecule has 1 aromatic carbocycles. The number of benzene rings is 1. The number of methoxy groups -OCH3 is 1. The molecule has 0 fully saturated rings. The molecule has 116 valence electrons. The Morgan fingerprint density at radius 3 is 2.91 bits per heavy atom. The first-order valence-corrected chi connectivity index (χ1v) is 8.68. The number of thioether (sulfide) groups is 1. The van der Waals surface area contributed by atoms with Gasteiger partial charge in [0.2, 0.25) is 0 Å². The fourth-order valence-electron chi connectivity index (χ4n) is 1.64. The van der Waals surface area contributed by atoms with Gasteiger partial charge in [0.15, 0.2) is 5.13 Å². The molecule has 1 aromatic heterocycles. The van der Waals surface area contributed by atoms with Gasteiger partial charge in [-0.05, 0) is 24.5 Å². The van der Waals surface area contributed by atoms with Crippen LogP contribution in [0.5, 0.6) is 0 Å². The van der Waals surface area contributed by atoms with Crippen molar-refractivity contribution < 1.29 is 14.3 Å². The molecule has 5 nitrogen and oxygen atoms in total. The summed E-state index contributed by atoms with van der Waals surface area (Å²) in [5.74, 6) is -0.709. The number of aromatic nitrogens is 1. The zero-order valence-electron chi connectivity index (χ0n) is 11.9. The van der Waals surface area contributed by atoms with Crippen LogP contribution in [0.1, 0.15) is 16.1 Å². The first kappa shape index (κ1) is 16.8. The molecule has 0 atom stereocenters. The number of amides is 1. The molecule has 1 amide bonds. The van der Waals surface area contributed by atoms with E-state index in [4.69, 9.17) is 11.6 Å². The van der Waals surface area contributed by atoms with Gasteiger partial charge in [0.1, 0.15) is 0 Å². The molecular formula is C14H13ClN2O3S2. The Hall–Kier alpha value is -1.57. The molecule has 0 radical (unpaired) electrons. The standard InChI is InChI=1S/C14H13ClN2O3S2/c1-20-12(18)5-8-7-22-14(16-8)17-13(19)10-6-9(21-2)3-4-11(10)15/h3-4,6-7H,5H2,1-2H3,(H,16,17,19). The first-order chi connectivity index (χ1) is 10.5. The average molecular weight is 357 g/mol. The molecule has 2 aromatic rings. The lowest BCUT2D eigenvalue weighted by molar-refractivity contribution is -0.139. The molecule has 0 saturated heterocycles. The Balaban J connectivity index is 2.10. The van der Waals surface area contributed by atoms with E-state index in [0.717, 1.165) is 4.90 Å². The molecule has 8 heteroatoms. The predicted molar refractivity (Wildman–Crippen MR) is 89.0 cm³/mol. The number of halogens is 1. The second-order valence-corrected chi connectivity index (χ2v) is 6.34. The Morgan fingerprint density at radius 2 is 2.23 bits per heavy atom. The van der Waals surface area contributed by atoms with Crippen molar-refractivity contribution in [3.8, 4) is 0 Å². The number of ether oxygens (including phenoxy) is 1. The number of esters is 1. The number of carbonyl (C=O) groups is 2. The molecule has 2 rings (SSSR count). The van der Waals surface area contributed by atoms with Gasteiger partial charge in [-0.25, -0.2) is 4.98 Å². The molecule has 0 bridgehead atoms. The van der Waals surface area contributed by atoms with Crippen molar-refractivity contribution >= 4 is 51.7 Å². The third-order valence-electron chi connectivity index (χ3n) is 2.74. The van der Waals surface area contributed by atoms with Crippen LogP contribution >= 0.6 is 34.7 Å². The van der Waals surface area contributed by atoms with Gasteiger partial charge in [-0.3, -0.25) is 14.9 Å². The van der Waals surface area contributed by atoms with Crippen molar-refractivity contribution in [2.24, 2.45) is 0 Å². The summed E-state index contributed by atoms with van der Waals surface area (Å²) in [5.41, 5.74) is 0.939. The largest absolute Gasteiger partial charge is 0.469 e. The number of anilines is 1. The average Bonchev–Trinajstić information content (AvgIpc) is 2.94. The summed E-state index contributed by atoms with van der Waals surface area (Å²) in [7, 11) is 1.32. The highest BCUT2D eigenvalue weighted by Crippen LogP contribution is 2.24. The third kappa shape index (κ3) is 4.22. The Kier molecular flexibility index (Phi) is 5.82. The van der Waals surface area contributed by atoms with Crippen LogP contribution < -0.4 is 5.32 Å². The number of carbonyl (C=O) groups excluding carboxylic acids is 2. The summed E-state index contributed by atoms with van der Waals surface area (Å²) < 4.78 is 4.57. The molecule has 0 aliphatic carbocycles. The molecule has 1 N–H and O–H groups in total. The molecule has 22 heavy (non-hydrogen) atoms. The van der Waals surface area contributed by atoms with Crippen LogP contribution in [0.2, 0.25) is 5.02 Å². The lowest BCUT2D eigenvalue weighted by Gasteiger charge is -2.06. The summed E-state index contributed by atoms with van der Waals surface area (Å²) in [6.45, 7) is 0. The highest BCUT2D eigenvalue weighted by atomic mass is 35.5. The van der Waals surface area contributed by atoms with Crippen molar-refractivity contribution in [2.45, 2.75) is 11.3 Å². The zero-order chi connectivity index (χ0) is 16.1. The van der Waals surface area contributed by atoms with Crippen LogP contribution in [0.25, 0.3) is 0 Å². The van der Waals surface area contributed by atoms with Crippen LogP contribution in [0.4, 0.5) is 5.13 Å². The van der Waals surface area contributed by atoms with Gasteiger partial charge in [0.05, 0.1) is 29.8 Å². The van der Waals surface area contributed by atoms with E-state index < -0.39 is 0 Å². The van der Waals surface area contributed by atoms with E-state index in [2.05, 4.69) is 15.0 Å². The topological polar surface area (TPSA) is 68.3 Å². The Labute approximate surface area is 141 Å². The monoisotopic (exact) mass is 356 g/mol. The molecule has 0 unspecified atom stereocenters. The van der Waals surface area contributed by atoms with E-state index in [0.29, 0.717) is 21.4 Å². The maximum absolute atomic E-state index is 12.3. The number of hydrogen-bond donors (Lipinski definition) is 1. The predicted octanol–water partition coefficient (Wildman–Crippen LogP) is 3.49. The lowest BCUT2D eigenvalue weighted by atomic mass is 10.2. The minimum absolute atomic E-state index is 0.0750. The van der Waals surface area contributed by atoms with Crippen LogP contribution in [-0.2, 0) is 16.0 Å². The van der Waals surface area contributed by atoms with Gasteiger partial charge in [0.25, 0.3) is 5.91 Å². The molecule has 0 saturated carbocycles. The van der Waals surface area contributed by atoms with E-state index in [9.17, 15) is 9.59 Å². The number of hydrogen-bond acceptors (Lipinski definition) is 6. The van der Waals surface area contributed by atoms with Crippen LogP contribution in [-0.4, -0.2) is 30.2 Å². The van der Waals surface area contributed by atoms with E-state index in [1.54, 1.807) is 17.5 Å². The number of nitrogens with one attached hydrogen (secondary N) is 1. The second kappa shape index (κ2) is 7.62. The zero-order valence-corrected chi connectivity index (χ0v) is 14.3. The van der Waals surface area contributed by atoms with Crippen LogP contribution in [0.3, 0.4) is 0 Å². The Morgan fingerprint density at radius 1 is 1.45 bits per heavy atom. The minimum Gasteiger partial charge on any atom is -0.469 e. The minimum atomic E-state index is -0.376. The maximum Gasteiger partial charge on any atom is 0.311 e. The fourth-order valence-corrected chi connectivity index (χ4v) is 2.98. The number of thiazole rings is 1. The summed E-state index contributed by atoms with van der Waals surface area (Å²) in [4.78, 5) is 28.6. The van der Waals surface area contributed by atoms with Gasteiger partial charge < -0.3 is 4.74 Å². The summed E-state index contributed by atoms with van der Waals surface area (Å²) in [5, 5.41) is 5.17. The van der Waals surface area contributed by atoms with Crippen molar-refractivity contribution in [3.63, 3.8) is 0 Å². The number of nitrogens with zero attached hydrogens (tertiary/aromatic N) is 1. The van der Waals surface area contributed by atoms with E-state index >= 15 is 0 Å².